The van der Waals surface area contributed by atoms with Crippen LogP contribution in [0.15, 0.2) is 0 Å². The first-order valence-corrected chi connectivity index (χ1v) is 8.67. The zero-order valence-corrected chi connectivity index (χ0v) is 17.1. The number of carbonyl (C=O) groups is 3. The number of unbranched alkanes of at least 4 members (excludes halogenated alkanes) is 8. The van der Waals surface area contributed by atoms with Gasteiger partial charge in [0.1, 0.15) is 0 Å². The van der Waals surface area contributed by atoms with Crippen LogP contribution in [0.5, 0.6) is 0 Å². The molecule has 134 valence electrons. The standard InChI is InChI=1S/C17H31NO5.Na/c1-2-3-4-5-6-7-8-9-10-11-15(19)18-14(17(22)23)12-13-16(20)21;/h14H,2-13H2,1H3,(H,18,19)(H,20,21)(H,22,23);/q;+1/p-2/t14-;/m0./s1. The van der Waals surface area contributed by atoms with Crippen molar-refractivity contribution < 1.29 is 54.2 Å². The minimum atomic E-state index is -1.47. The van der Waals surface area contributed by atoms with Crippen molar-refractivity contribution in [1.29, 1.82) is 0 Å². The molecule has 0 aliphatic rings. The van der Waals surface area contributed by atoms with E-state index in [1.165, 1.54) is 38.5 Å². The number of carbonyl (C=O) groups excluding carboxylic acids is 3. The van der Waals surface area contributed by atoms with Crippen LogP contribution in [0.1, 0.15) is 84.0 Å². The van der Waals surface area contributed by atoms with E-state index < -0.39 is 24.4 Å². The third kappa shape index (κ3) is 16.3. The van der Waals surface area contributed by atoms with Crippen molar-refractivity contribution in [3.8, 4) is 0 Å². The Kier molecular flexibility index (Phi) is 18.4. The van der Waals surface area contributed by atoms with E-state index in [1.807, 2.05) is 0 Å². The van der Waals surface area contributed by atoms with Crippen molar-refractivity contribution in [2.75, 3.05) is 0 Å². The van der Waals surface area contributed by atoms with Crippen molar-refractivity contribution >= 4 is 17.8 Å². The molecule has 0 aromatic carbocycles. The summed E-state index contributed by atoms with van der Waals surface area (Å²) < 4.78 is 0. The fourth-order valence-corrected chi connectivity index (χ4v) is 2.37. The molecule has 0 rings (SSSR count). The first-order valence-electron chi connectivity index (χ1n) is 8.67. The van der Waals surface area contributed by atoms with Gasteiger partial charge in [0.25, 0.3) is 0 Å². The van der Waals surface area contributed by atoms with E-state index >= 15 is 0 Å². The Morgan fingerprint density at radius 1 is 0.833 bits per heavy atom. The molecule has 0 aromatic rings. The number of aliphatic carboxylic acids is 2. The second kappa shape index (κ2) is 17.2. The molecule has 1 atom stereocenters. The van der Waals surface area contributed by atoms with Gasteiger partial charge in [0.05, 0.1) is 12.0 Å². The predicted octanol–water partition coefficient (Wildman–Crippen LogP) is -2.32. The van der Waals surface area contributed by atoms with Crippen LogP contribution in [-0.2, 0) is 14.4 Å². The largest absolute Gasteiger partial charge is 1.00 e. The molecule has 0 fully saturated rings. The molecule has 0 aliphatic heterocycles. The Labute approximate surface area is 167 Å². The molecule has 0 bridgehead atoms. The van der Waals surface area contributed by atoms with Gasteiger partial charge >= 0.3 is 29.6 Å². The summed E-state index contributed by atoms with van der Waals surface area (Å²) in [6.07, 6.45) is 9.82. The van der Waals surface area contributed by atoms with Crippen molar-refractivity contribution in [2.24, 2.45) is 0 Å². The van der Waals surface area contributed by atoms with E-state index in [4.69, 9.17) is 0 Å². The average Bonchev–Trinajstić information content (AvgIpc) is 2.49. The molecule has 0 unspecified atom stereocenters. The molecule has 0 aromatic heterocycles. The molecule has 7 heteroatoms. The SMILES string of the molecule is CCCCCCCCCCCC(=O)N[C@@H](CCC(=O)[O-])C(=O)[O-].[Na+]. The quantitative estimate of drug-likeness (QED) is 0.263. The van der Waals surface area contributed by atoms with Gasteiger partial charge in [-0.05, 0) is 19.3 Å². The number of hydrogen-bond acceptors (Lipinski definition) is 5. The summed E-state index contributed by atoms with van der Waals surface area (Å²) in [6, 6.07) is -1.26. The van der Waals surface area contributed by atoms with E-state index in [0.29, 0.717) is 6.42 Å². The van der Waals surface area contributed by atoms with Crippen LogP contribution in [0.4, 0.5) is 0 Å². The van der Waals surface area contributed by atoms with Gasteiger partial charge in [-0.3, -0.25) is 4.79 Å². The Hall–Kier alpha value is -0.590. The number of rotatable bonds is 15. The van der Waals surface area contributed by atoms with Crippen LogP contribution >= 0.6 is 0 Å². The number of hydrogen-bond donors (Lipinski definition) is 1. The molecule has 0 aliphatic carbocycles. The van der Waals surface area contributed by atoms with Gasteiger partial charge in [-0.15, -0.1) is 0 Å². The van der Waals surface area contributed by atoms with Gasteiger partial charge in [0.2, 0.25) is 5.91 Å². The van der Waals surface area contributed by atoms with Crippen LogP contribution in [-0.4, -0.2) is 23.9 Å². The Bertz CT molecular complexity index is 363. The van der Waals surface area contributed by atoms with E-state index in [1.54, 1.807) is 0 Å². The van der Waals surface area contributed by atoms with Crippen molar-refractivity contribution in [2.45, 2.75) is 90.0 Å². The van der Waals surface area contributed by atoms with Gasteiger partial charge in [-0.25, -0.2) is 0 Å². The maximum atomic E-state index is 11.6. The normalized spacial score (nSPS) is 11.4. The number of amides is 1. The first-order chi connectivity index (χ1) is 11.0. The molecule has 6 nitrogen and oxygen atoms in total. The van der Waals surface area contributed by atoms with E-state index in [9.17, 15) is 24.6 Å². The fourth-order valence-electron chi connectivity index (χ4n) is 2.37. The summed E-state index contributed by atoms with van der Waals surface area (Å²) in [5, 5.41) is 23.5. The number of carboxylic acids is 2. The summed E-state index contributed by atoms with van der Waals surface area (Å²) in [6.45, 7) is 2.19. The van der Waals surface area contributed by atoms with Crippen molar-refractivity contribution in [3.63, 3.8) is 0 Å². The zero-order valence-electron chi connectivity index (χ0n) is 15.1. The second-order valence-corrected chi connectivity index (χ2v) is 5.93. The monoisotopic (exact) mass is 350 g/mol. The summed E-state index contributed by atoms with van der Waals surface area (Å²) in [7, 11) is 0. The molecular weight excluding hydrogens is 321 g/mol. The Morgan fingerprint density at radius 3 is 1.79 bits per heavy atom. The molecule has 1 amide bonds. The van der Waals surface area contributed by atoms with Crippen molar-refractivity contribution in [3.05, 3.63) is 0 Å². The maximum absolute atomic E-state index is 11.6. The molecule has 0 radical (unpaired) electrons. The number of carboxylic acid groups (broad SMARTS) is 2. The maximum Gasteiger partial charge on any atom is 1.00 e. The third-order valence-electron chi connectivity index (χ3n) is 3.76. The van der Waals surface area contributed by atoms with Crippen LogP contribution in [0.3, 0.4) is 0 Å². The van der Waals surface area contributed by atoms with E-state index in [2.05, 4.69) is 12.2 Å². The molecular formula is C17H29NNaO5-. The summed E-state index contributed by atoms with van der Waals surface area (Å²) in [5.41, 5.74) is 0. The van der Waals surface area contributed by atoms with Gasteiger partial charge in [0.15, 0.2) is 0 Å². The molecule has 1 N–H and O–H groups in total. The van der Waals surface area contributed by atoms with Crippen LogP contribution < -0.4 is 45.1 Å². The molecule has 0 saturated heterocycles. The smallest absolute Gasteiger partial charge is 0.550 e. The topological polar surface area (TPSA) is 109 Å². The van der Waals surface area contributed by atoms with Crippen molar-refractivity contribution in [1.82, 2.24) is 5.32 Å². The van der Waals surface area contributed by atoms with Gasteiger partial charge in [-0.2, -0.15) is 0 Å². The van der Waals surface area contributed by atoms with Crippen LogP contribution in [0, 0.1) is 0 Å². The first kappa shape index (κ1) is 25.6. The predicted molar refractivity (Wildman–Crippen MR) is 83.0 cm³/mol. The zero-order chi connectivity index (χ0) is 17.5. The third-order valence-corrected chi connectivity index (χ3v) is 3.76. The van der Waals surface area contributed by atoms with Crippen LogP contribution in [0.2, 0.25) is 0 Å². The Morgan fingerprint density at radius 2 is 1.33 bits per heavy atom. The summed E-state index contributed by atoms with van der Waals surface area (Å²) in [5.74, 6) is -3.18. The van der Waals surface area contributed by atoms with Crippen LogP contribution in [0.25, 0.3) is 0 Å². The second-order valence-electron chi connectivity index (χ2n) is 5.93. The molecule has 24 heavy (non-hydrogen) atoms. The fraction of sp³-hybridized carbons (Fsp3) is 0.824. The average molecular weight is 350 g/mol. The van der Waals surface area contributed by atoms with Gasteiger partial charge < -0.3 is 25.1 Å². The molecule has 0 saturated carbocycles. The van der Waals surface area contributed by atoms with E-state index in [0.717, 1.165) is 12.8 Å². The van der Waals surface area contributed by atoms with E-state index in [-0.39, 0.29) is 48.3 Å². The Balaban J connectivity index is 0. The summed E-state index contributed by atoms with van der Waals surface area (Å²) in [4.78, 5) is 32.8. The number of nitrogens with one attached hydrogen (secondary N) is 1. The van der Waals surface area contributed by atoms with Gasteiger partial charge in [0, 0.05) is 12.4 Å². The molecule has 0 heterocycles. The minimum Gasteiger partial charge on any atom is -0.550 e. The van der Waals surface area contributed by atoms with Gasteiger partial charge in [-0.1, -0.05) is 58.3 Å². The minimum absolute atomic E-state index is 0. The summed E-state index contributed by atoms with van der Waals surface area (Å²) >= 11 is 0. The molecule has 0 spiro atoms.